The van der Waals surface area contributed by atoms with Crippen LogP contribution in [0.2, 0.25) is 5.02 Å². The summed E-state index contributed by atoms with van der Waals surface area (Å²) in [7, 11) is -3.60. The largest absolute Gasteiger partial charge is 0.418 e. The molecule has 3 aromatic rings. The molecule has 3 rings (SSSR count). The molecule has 1 N–H and O–H groups in total. The summed E-state index contributed by atoms with van der Waals surface area (Å²) >= 11 is 5.67. The van der Waals surface area contributed by atoms with Gasteiger partial charge < -0.3 is 5.32 Å². The van der Waals surface area contributed by atoms with Gasteiger partial charge in [-0.2, -0.15) is 13.2 Å². The van der Waals surface area contributed by atoms with Crippen LogP contribution in [0.5, 0.6) is 0 Å². The molecule has 0 fully saturated rings. The summed E-state index contributed by atoms with van der Waals surface area (Å²) < 4.78 is 65.9. The minimum Gasteiger partial charge on any atom is -0.321 e. The molecule has 10 heteroatoms. The summed E-state index contributed by atoms with van der Waals surface area (Å²) in [6.45, 7) is 3.84. The van der Waals surface area contributed by atoms with Gasteiger partial charge in [0.25, 0.3) is 5.91 Å². The number of nitrogens with zero attached hydrogens (tertiary/aromatic N) is 1. The van der Waals surface area contributed by atoms with Gasteiger partial charge in [-0.05, 0) is 73.0 Å². The monoisotopic (exact) mass is 510 g/mol. The molecule has 0 spiro atoms. The minimum atomic E-state index is -4.69. The second kappa shape index (κ2) is 9.68. The van der Waals surface area contributed by atoms with Crippen LogP contribution in [0, 0.1) is 13.8 Å². The molecule has 34 heavy (non-hydrogen) atoms. The zero-order chi connectivity index (χ0) is 25.3. The van der Waals surface area contributed by atoms with Crippen LogP contribution in [-0.4, -0.2) is 20.6 Å². The third-order valence-electron chi connectivity index (χ3n) is 5.26. The molecule has 0 saturated heterocycles. The number of hydrogen-bond acceptors (Lipinski definition) is 3. The standard InChI is InChI=1S/C24H22ClF3N2O3S/c1-15-4-10-20(12-16(15)2)30(34(3,32)33)14-17-5-7-18(8-6-17)23(31)29-22-11-9-19(25)13-21(22)24(26,27)28/h4-13H,14H2,1-3H3,(H,29,31). The summed E-state index contributed by atoms with van der Waals surface area (Å²) in [5.74, 6) is -0.742. The Labute approximate surface area is 201 Å². The van der Waals surface area contributed by atoms with Crippen molar-refractivity contribution in [3.05, 3.63) is 93.5 Å². The van der Waals surface area contributed by atoms with E-state index in [2.05, 4.69) is 5.32 Å². The minimum absolute atomic E-state index is 0.0264. The van der Waals surface area contributed by atoms with E-state index in [-0.39, 0.29) is 17.1 Å². The quantitative estimate of drug-likeness (QED) is 0.429. The predicted octanol–water partition coefficient (Wildman–Crippen LogP) is 6.19. The van der Waals surface area contributed by atoms with E-state index in [9.17, 15) is 26.4 Å². The molecule has 0 aliphatic heterocycles. The molecule has 0 aliphatic rings. The number of benzene rings is 3. The van der Waals surface area contributed by atoms with Crippen LogP contribution in [0.15, 0.2) is 60.7 Å². The van der Waals surface area contributed by atoms with E-state index in [0.717, 1.165) is 29.5 Å². The van der Waals surface area contributed by atoms with E-state index in [1.165, 1.54) is 22.5 Å². The molecule has 0 aromatic heterocycles. The first-order valence-corrected chi connectivity index (χ1v) is 12.3. The molecular formula is C24H22ClF3N2O3S. The average Bonchev–Trinajstić information content (AvgIpc) is 2.74. The first-order chi connectivity index (χ1) is 15.8. The fraction of sp³-hybridized carbons (Fsp3) is 0.208. The Bertz CT molecular complexity index is 1320. The Balaban J connectivity index is 1.82. The van der Waals surface area contributed by atoms with E-state index >= 15 is 0 Å². The Hall–Kier alpha value is -3.04. The van der Waals surface area contributed by atoms with Crippen molar-refractivity contribution in [1.82, 2.24) is 0 Å². The number of aryl methyl sites for hydroxylation is 2. The lowest BCUT2D eigenvalue weighted by atomic mass is 10.1. The lowest BCUT2D eigenvalue weighted by Crippen LogP contribution is -2.29. The van der Waals surface area contributed by atoms with Crippen molar-refractivity contribution >= 4 is 38.9 Å². The maximum atomic E-state index is 13.3. The summed E-state index contributed by atoms with van der Waals surface area (Å²) in [5, 5.41) is 2.16. The van der Waals surface area contributed by atoms with Gasteiger partial charge in [-0.25, -0.2) is 8.42 Å². The molecule has 1 amide bonds. The zero-order valence-electron chi connectivity index (χ0n) is 18.6. The number of halogens is 4. The molecule has 0 heterocycles. The molecule has 180 valence electrons. The van der Waals surface area contributed by atoms with Crippen LogP contribution in [0.25, 0.3) is 0 Å². The molecule has 0 aliphatic carbocycles. The highest BCUT2D eigenvalue weighted by molar-refractivity contribution is 7.92. The molecule has 0 bridgehead atoms. The predicted molar refractivity (Wildman–Crippen MR) is 128 cm³/mol. The topological polar surface area (TPSA) is 66.5 Å². The highest BCUT2D eigenvalue weighted by Gasteiger charge is 2.34. The third kappa shape index (κ3) is 6.09. The molecule has 5 nitrogen and oxygen atoms in total. The SMILES string of the molecule is Cc1ccc(N(Cc2ccc(C(=O)Nc3ccc(Cl)cc3C(F)(F)F)cc2)S(C)(=O)=O)cc1C. The van der Waals surface area contributed by atoms with Crippen molar-refractivity contribution in [3.63, 3.8) is 0 Å². The van der Waals surface area contributed by atoms with Gasteiger partial charge in [-0.15, -0.1) is 0 Å². The number of hydrogen-bond donors (Lipinski definition) is 1. The number of carbonyl (C=O) groups is 1. The molecule has 3 aromatic carbocycles. The number of nitrogens with one attached hydrogen (secondary N) is 1. The highest BCUT2D eigenvalue weighted by atomic mass is 35.5. The van der Waals surface area contributed by atoms with Crippen molar-refractivity contribution in [3.8, 4) is 0 Å². The van der Waals surface area contributed by atoms with Crippen molar-refractivity contribution in [2.24, 2.45) is 0 Å². The first kappa shape index (κ1) is 25.6. The van der Waals surface area contributed by atoms with Crippen LogP contribution >= 0.6 is 11.6 Å². The molecule has 0 atom stereocenters. The van der Waals surface area contributed by atoms with Gasteiger partial charge >= 0.3 is 6.18 Å². The van der Waals surface area contributed by atoms with Crippen LogP contribution < -0.4 is 9.62 Å². The number of sulfonamides is 1. The fourth-order valence-corrected chi connectivity index (χ4v) is 4.31. The summed E-state index contributed by atoms with van der Waals surface area (Å²) in [4.78, 5) is 12.5. The van der Waals surface area contributed by atoms with Gasteiger partial charge in [0.15, 0.2) is 0 Å². The van der Waals surface area contributed by atoms with E-state index in [1.54, 1.807) is 24.3 Å². The lowest BCUT2D eigenvalue weighted by molar-refractivity contribution is -0.136. The number of carbonyl (C=O) groups excluding carboxylic acids is 1. The van der Waals surface area contributed by atoms with E-state index in [1.807, 2.05) is 19.9 Å². The number of anilines is 2. The van der Waals surface area contributed by atoms with Crippen molar-refractivity contribution < 1.29 is 26.4 Å². The Kier molecular flexibility index (Phi) is 7.28. The Morgan fingerprint density at radius 1 is 0.971 bits per heavy atom. The van der Waals surface area contributed by atoms with Crippen molar-refractivity contribution in [2.45, 2.75) is 26.6 Å². The lowest BCUT2D eigenvalue weighted by Gasteiger charge is -2.23. The second-order valence-electron chi connectivity index (χ2n) is 7.88. The first-order valence-electron chi connectivity index (χ1n) is 10.1. The third-order valence-corrected chi connectivity index (χ3v) is 6.63. The fourth-order valence-electron chi connectivity index (χ4n) is 3.26. The van der Waals surface area contributed by atoms with Crippen LogP contribution in [0.3, 0.4) is 0 Å². The second-order valence-corrected chi connectivity index (χ2v) is 10.2. The van der Waals surface area contributed by atoms with Crippen molar-refractivity contribution in [1.29, 1.82) is 0 Å². The van der Waals surface area contributed by atoms with E-state index in [0.29, 0.717) is 11.3 Å². The van der Waals surface area contributed by atoms with Crippen LogP contribution in [0.1, 0.15) is 32.6 Å². The molecule has 0 saturated carbocycles. The van der Waals surface area contributed by atoms with E-state index in [4.69, 9.17) is 11.6 Å². The average molecular weight is 511 g/mol. The number of rotatable bonds is 6. The van der Waals surface area contributed by atoms with Crippen LogP contribution in [-0.2, 0) is 22.7 Å². The van der Waals surface area contributed by atoms with Crippen molar-refractivity contribution in [2.75, 3.05) is 15.9 Å². The van der Waals surface area contributed by atoms with Gasteiger partial charge in [0, 0.05) is 10.6 Å². The Morgan fingerprint density at radius 3 is 2.18 bits per heavy atom. The maximum absolute atomic E-state index is 13.3. The Morgan fingerprint density at radius 2 is 1.62 bits per heavy atom. The molecular weight excluding hydrogens is 489 g/mol. The van der Waals surface area contributed by atoms with Gasteiger partial charge in [-0.1, -0.05) is 29.8 Å². The van der Waals surface area contributed by atoms with Crippen LogP contribution in [0.4, 0.5) is 24.5 Å². The van der Waals surface area contributed by atoms with Gasteiger partial charge in [0.1, 0.15) is 0 Å². The summed E-state index contributed by atoms with van der Waals surface area (Å²) in [6.07, 6.45) is -3.59. The van der Waals surface area contributed by atoms with E-state index < -0.39 is 33.4 Å². The normalized spacial score (nSPS) is 11.9. The summed E-state index contributed by atoms with van der Waals surface area (Å²) in [5.41, 5.74) is 1.73. The molecule has 0 radical (unpaired) electrons. The smallest absolute Gasteiger partial charge is 0.321 e. The van der Waals surface area contributed by atoms with Gasteiger partial charge in [-0.3, -0.25) is 9.10 Å². The summed E-state index contributed by atoms with van der Waals surface area (Å²) in [6, 6.07) is 14.4. The van der Waals surface area contributed by atoms with Gasteiger partial charge in [0.05, 0.1) is 29.7 Å². The zero-order valence-corrected chi connectivity index (χ0v) is 20.1. The van der Waals surface area contributed by atoms with Gasteiger partial charge in [0.2, 0.25) is 10.0 Å². The molecule has 0 unspecified atom stereocenters. The maximum Gasteiger partial charge on any atom is 0.418 e. The number of alkyl halides is 3. The number of amides is 1. The highest BCUT2D eigenvalue weighted by Crippen LogP contribution is 2.36.